The SMILES string of the molecule is O=C(CCn1c(=O)[nH]c(=O)c2ccccc21)NCc1ccco1. The van der Waals surface area contributed by atoms with Gasteiger partial charge in [-0.2, -0.15) is 0 Å². The number of aromatic amines is 1. The van der Waals surface area contributed by atoms with Gasteiger partial charge in [0.05, 0.1) is 23.7 Å². The first-order valence-electron chi connectivity index (χ1n) is 7.16. The van der Waals surface area contributed by atoms with Gasteiger partial charge in [0.1, 0.15) is 5.76 Å². The monoisotopic (exact) mass is 313 g/mol. The maximum Gasteiger partial charge on any atom is 0.328 e. The molecule has 0 aliphatic carbocycles. The highest BCUT2D eigenvalue weighted by molar-refractivity contribution is 5.78. The molecule has 0 radical (unpaired) electrons. The van der Waals surface area contributed by atoms with E-state index in [0.717, 1.165) is 0 Å². The fourth-order valence-electron chi connectivity index (χ4n) is 2.36. The van der Waals surface area contributed by atoms with Crippen LogP contribution in [0.15, 0.2) is 56.7 Å². The summed E-state index contributed by atoms with van der Waals surface area (Å²) in [5.41, 5.74) is -0.434. The molecule has 7 heteroatoms. The van der Waals surface area contributed by atoms with Gasteiger partial charge >= 0.3 is 5.69 Å². The van der Waals surface area contributed by atoms with Gasteiger partial charge in [-0.05, 0) is 24.3 Å². The molecule has 0 aliphatic heterocycles. The molecule has 0 atom stereocenters. The number of fused-ring (bicyclic) bond motifs is 1. The predicted octanol–water partition coefficient (Wildman–Crippen LogP) is 0.989. The molecule has 0 spiro atoms. The lowest BCUT2D eigenvalue weighted by atomic mass is 10.2. The van der Waals surface area contributed by atoms with Gasteiger partial charge in [-0.1, -0.05) is 12.1 Å². The van der Waals surface area contributed by atoms with Gasteiger partial charge in [-0.15, -0.1) is 0 Å². The van der Waals surface area contributed by atoms with E-state index in [-0.39, 0.29) is 18.9 Å². The van der Waals surface area contributed by atoms with Crippen LogP contribution >= 0.6 is 0 Å². The van der Waals surface area contributed by atoms with Gasteiger partial charge in [-0.3, -0.25) is 19.1 Å². The molecule has 1 aromatic carbocycles. The second-order valence-corrected chi connectivity index (χ2v) is 5.03. The number of benzene rings is 1. The van der Waals surface area contributed by atoms with Crippen molar-refractivity contribution in [3.8, 4) is 0 Å². The van der Waals surface area contributed by atoms with Gasteiger partial charge in [-0.25, -0.2) is 4.79 Å². The third kappa shape index (κ3) is 3.23. The number of hydrogen-bond acceptors (Lipinski definition) is 4. The van der Waals surface area contributed by atoms with Crippen LogP contribution in [0, 0.1) is 0 Å². The van der Waals surface area contributed by atoms with Gasteiger partial charge < -0.3 is 9.73 Å². The van der Waals surface area contributed by atoms with E-state index in [9.17, 15) is 14.4 Å². The lowest BCUT2D eigenvalue weighted by molar-refractivity contribution is -0.121. The van der Waals surface area contributed by atoms with Crippen LogP contribution in [-0.2, 0) is 17.9 Å². The molecule has 2 N–H and O–H groups in total. The maximum absolute atomic E-state index is 12.0. The zero-order chi connectivity index (χ0) is 16.2. The first-order chi connectivity index (χ1) is 11.1. The van der Waals surface area contributed by atoms with Crippen LogP contribution in [0.2, 0.25) is 0 Å². The Morgan fingerprint density at radius 2 is 2.00 bits per heavy atom. The Bertz CT molecular complexity index is 938. The van der Waals surface area contributed by atoms with Gasteiger partial charge in [0.25, 0.3) is 5.56 Å². The van der Waals surface area contributed by atoms with Crippen LogP contribution in [0.25, 0.3) is 10.9 Å². The van der Waals surface area contributed by atoms with Crippen molar-refractivity contribution in [3.05, 3.63) is 69.3 Å². The van der Waals surface area contributed by atoms with Crippen molar-refractivity contribution in [1.82, 2.24) is 14.9 Å². The summed E-state index contributed by atoms with van der Waals surface area (Å²) in [7, 11) is 0. The first-order valence-corrected chi connectivity index (χ1v) is 7.16. The van der Waals surface area contributed by atoms with Crippen LogP contribution in [0.5, 0.6) is 0 Å². The number of rotatable bonds is 5. The maximum atomic E-state index is 12.0. The van der Waals surface area contributed by atoms with Crippen LogP contribution in [-0.4, -0.2) is 15.5 Å². The van der Waals surface area contributed by atoms with E-state index < -0.39 is 11.2 Å². The highest BCUT2D eigenvalue weighted by atomic mass is 16.3. The summed E-state index contributed by atoms with van der Waals surface area (Å²) in [5, 5.41) is 3.13. The number of para-hydroxylation sites is 1. The lowest BCUT2D eigenvalue weighted by Gasteiger charge is -2.09. The van der Waals surface area contributed by atoms with Crippen LogP contribution in [0.1, 0.15) is 12.2 Å². The molecule has 1 amide bonds. The Labute approximate surface area is 130 Å². The Kier molecular flexibility index (Phi) is 4.09. The standard InChI is InChI=1S/C16H15N3O4/c20-14(17-10-11-4-3-9-23-11)7-8-19-13-6-2-1-5-12(13)15(21)18-16(19)22/h1-6,9H,7-8,10H2,(H,17,20)(H,18,21,22). The van der Waals surface area contributed by atoms with Gasteiger partial charge in [0.2, 0.25) is 5.91 Å². The third-order valence-electron chi connectivity index (χ3n) is 3.51. The van der Waals surface area contributed by atoms with E-state index in [1.54, 1.807) is 36.4 Å². The summed E-state index contributed by atoms with van der Waals surface area (Å²) in [6.07, 6.45) is 1.66. The van der Waals surface area contributed by atoms with E-state index in [4.69, 9.17) is 4.42 Å². The average molecular weight is 313 g/mol. The van der Waals surface area contributed by atoms with Crippen molar-refractivity contribution in [3.63, 3.8) is 0 Å². The normalized spacial score (nSPS) is 10.8. The summed E-state index contributed by atoms with van der Waals surface area (Å²) in [4.78, 5) is 37.9. The summed E-state index contributed by atoms with van der Waals surface area (Å²) >= 11 is 0. The number of carbonyl (C=O) groups excluding carboxylic acids is 1. The minimum Gasteiger partial charge on any atom is -0.467 e. The van der Waals surface area contributed by atoms with E-state index in [1.165, 1.54) is 10.8 Å². The van der Waals surface area contributed by atoms with Crippen LogP contribution in [0.3, 0.4) is 0 Å². The Morgan fingerprint density at radius 3 is 2.78 bits per heavy atom. The molecule has 0 aliphatic rings. The predicted molar refractivity (Wildman–Crippen MR) is 84.0 cm³/mol. The topological polar surface area (TPSA) is 97.1 Å². The Morgan fingerprint density at radius 1 is 1.17 bits per heavy atom. The number of carbonyl (C=O) groups is 1. The second-order valence-electron chi connectivity index (χ2n) is 5.03. The number of furan rings is 1. The molecule has 0 bridgehead atoms. The molecule has 7 nitrogen and oxygen atoms in total. The first kappa shape index (κ1) is 14.8. The molecule has 2 heterocycles. The molecular weight excluding hydrogens is 298 g/mol. The summed E-state index contributed by atoms with van der Waals surface area (Å²) in [6, 6.07) is 10.3. The quantitative estimate of drug-likeness (QED) is 0.734. The zero-order valence-electron chi connectivity index (χ0n) is 12.2. The number of hydrogen-bond donors (Lipinski definition) is 2. The summed E-state index contributed by atoms with van der Waals surface area (Å²) in [6.45, 7) is 0.479. The number of nitrogens with one attached hydrogen (secondary N) is 2. The van der Waals surface area contributed by atoms with Gasteiger partial charge in [0, 0.05) is 13.0 Å². The molecular formula is C16H15N3O4. The van der Waals surface area contributed by atoms with Crippen molar-refractivity contribution >= 4 is 16.8 Å². The second kappa shape index (κ2) is 6.35. The largest absolute Gasteiger partial charge is 0.467 e. The smallest absolute Gasteiger partial charge is 0.328 e. The van der Waals surface area contributed by atoms with Crippen molar-refractivity contribution in [2.75, 3.05) is 0 Å². The number of aromatic nitrogens is 2. The molecule has 3 rings (SSSR count). The minimum absolute atomic E-state index is 0.122. The fraction of sp³-hybridized carbons (Fsp3) is 0.188. The zero-order valence-corrected chi connectivity index (χ0v) is 12.2. The average Bonchev–Trinajstić information content (AvgIpc) is 3.06. The molecule has 0 saturated carbocycles. The molecule has 118 valence electrons. The van der Waals surface area contributed by atoms with Crippen molar-refractivity contribution in [2.24, 2.45) is 0 Å². The van der Waals surface area contributed by atoms with Crippen LogP contribution < -0.4 is 16.6 Å². The molecule has 0 saturated heterocycles. The molecule has 23 heavy (non-hydrogen) atoms. The summed E-state index contributed by atoms with van der Waals surface area (Å²) in [5.74, 6) is 0.452. The summed E-state index contributed by atoms with van der Waals surface area (Å²) < 4.78 is 6.52. The number of H-pyrrole nitrogens is 1. The van der Waals surface area contributed by atoms with E-state index >= 15 is 0 Å². The number of nitrogens with zero attached hydrogens (tertiary/aromatic N) is 1. The number of amides is 1. The molecule has 2 aromatic heterocycles. The molecule has 0 unspecified atom stereocenters. The molecule has 0 fully saturated rings. The van der Waals surface area contributed by atoms with Crippen molar-refractivity contribution < 1.29 is 9.21 Å². The Balaban J connectivity index is 1.73. The van der Waals surface area contributed by atoms with Crippen molar-refractivity contribution in [1.29, 1.82) is 0 Å². The van der Waals surface area contributed by atoms with E-state index in [0.29, 0.717) is 23.2 Å². The molecule has 3 aromatic rings. The fourth-order valence-corrected chi connectivity index (χ4v) is 2.36. The van der Waals surface area contributed by atoms with Crippen molar-refractivity contribution in [2.45, 2.75) is 19.5 Å². The van der Waals surface area contributed by atoms with Gasteiger partial charge in [0.15, 0.2) is 0 Å². The minimum atomic E-state index is -0.521. The number of aryl methyl sites for hydroxylation is 1. The highest BCUT2D eigenvalue weighted by Gasteiger charge is 2.09. The van der Waals surface area contributed by atoms with Crippen LogP contribution in [0.4, 0.5) is 0 Å². The van der Waals surface area contributed by atoms with E-state index in [1.807, 2.05) is 0 Å². The van der Waals surface area contributed by atoms with E-state index in [2.05, 4.69) is 10.3 Å². The highest BCUT2D eigenvalue weighted by Crippen LogP contribution is 2.07. The Hall–Kier alpha value is -3.09. The lowest BCUT2D eigenvalue weighted by Crippen LogP contribution is -2.32. The third-order valence-corrected chi connectivity index (χ3v) is 3.51.